The fraction of sp³-hybridized carbons (Fsp3) is 0.286. The first-order valence-corrected chi connectivity index (χ1v) is 5.81. The lowest BCUT2D eigenvalue weighted by atomic mass is 10.1. The number of carbonyl (C=O) groups is 1. The predicted molar refractivity (Wildman–Crippen MR) is 70.3 cm³/mol. The first-order valence-electron chi connectivity index (χ1n) is 5.81. The highest BCUT2D eigenvalue weighted by atomic mass is 16.4. The van der Waals surface area contributed by atoms with Crippen LogP contribution in [-0.4, -0.2) is 15.6 Å². The molecule has 94 valence electrons. The predicted octanol–water partition coefficient (Wildman–Crippen LogP) is 2.59. The molecule has 4 heteroatoms. The van der Waals surface area contributed by atoms with Crippen LogP contribution in [0, 0.1) is 6.92 Å². The maximum absolute atomic E-state index is 12.1. The van der Waals surface area contributed by atoms with Gasteiger partial charge in [0.2, 0.25) is 5.43 Å². The topological polar surface area (TPSA) is 59.3 Å². The molecule has 4 nitrogen and oxygen atoms in total. The molecule has 18 heavy (non-hydrogen) atoms. The molecule has 0 amide bonds. The molecule has 0 bridgehead atoms. The smallest absolute Gasteiger partial charge is 0.341 e. The number of carboxylic acids is 1. The van der Waals surface area contributed by atoms with Crippen LogP contribution < -0.4 is 5.43 Å². The maximum atomic E-state index is 12.1. The van der Waals surface area contributed by atoms with Gasteiger partial charge in [0.15, 0.2) is 0 Å². The Morgan fingerprint density at radius 2 is 2.00 bits per heavy atom. The summed E-state index contributed by atoms with van der Waals surface area (Å²) in [5, 5.41) is 9.55. The highest BCUT2D eigenvalue weighted by Crippen LogP contribution is 2.20. The second-order valence-corrected chi connectivity index (χ2v) is 4.65. The molecular weight excluding hydrogens is 230 g/mol. The second kappa shape index (κ2) is 4.29. The van der Waals surface area contributed by atoms with Gasteiger partial charge in [-0.1, -0.05) is 12.1 Å². The van der Waals surface area contributed by atoms with E-state index in [1.807, 2.05) is 31.4 Å². The number of aryl methyl sites for hydroxylation is 1. The van der Waals surface area contributed by atoms with E-state index >= 15 is 0 Å². The van der Waals surface area contributed by atoms with Crippen molar-refractivity contribution in [3.05, 3.63) is 45.7 Å². The molecule has 0 fully saturated rings. The largest absolute Gasteiger partial charge is 0.477 e. The number of aromatic carboxylic acids is 1. The maximum Gasteiger partial charge on any atom is 0.341 e. The number of hydrogen-bond donors (Lipinski definition) is 1. The van der Waals surface area contributed by atoms with Crippen LogP contribution in [-0.2, 0) is 0 Å². The first-order chi connectivity index (χ1) is 8.43. The number of aromatic nitrogens is 1. The van der Waals surface area contributed by atoms with Gasteiger partial charge in [-0.05, 0) is 32.4 Å². The second-order valence-electron chi connectivity index (χ2n) is 4.65. The van der Waals surface area contributed by atoms with Gasteiger partial charge < -0.3 is 9.67 Å². The summed E-state index contributed by atoms with van der Waals surface area (Å²) >= 11 is 0. The summed E-state index contributed by atoms with van der Waals surface area (Å²) in [4.78, 5) is 23.2. The number of nitrogens with zero attached hydrogens (tertiary/aromatic N) is 1. The van der Waals surface area contributed by atoms with Gasteiger partial charge in [-0.25, -0.2) is 4.79 Å². The normalized spacial score (nSPS) is 11.1. The number of hydrogen-bond acceptors (Lipinski definition) is 2. The lowest BCUT2D eigenvalue weighted by molar-refractivity contribution is 0.0695. The van der Waals surface area contributed by atoms with E-state index in [0.29, 0.717) is 5.39 Å². The molecule has 1 heterocycles. The zero-order chi connectivity index (χ0) is 13.4. The molecular formula is C14H15NO3. The number of carboxylic acid groups (broad SMARTS) is 1. The van der Waals surface area contributed by atoms with Crippen molar-refractivity contribution in [1.82, 2.24) is 4.57 Å². The number of benzene rings is 1. The van der Waals surface area contributed by atoms with Gasteiger partial charge in [0.1, 0.15) is 5.56 Å². The van der Waals surface area contributed by atoms with Crippen molar-refractivity contribution in [2.45, 2.75) is 26.8 Å². The van der Waals surface area contributed by atoms with Crippen molar-refractivity contribution < 1.29 is 9.90 Å². The van der Waals surface area contributed by atoms with Crippen molar-refractivity contribution in [2.75, 3.05) is 0 Å². The molecule has 0 radical (unpaired) electrons. The minimum atomic E-state index is -1.18. The van der Waals surface area contributed by atoms with Crippen molar-refractivity contribution in [1.29, 1.82) is 0 Å². The molecule has 0 saturated carbocycles. The van der Waals surface area contributed by atoms with Crippen molar-refractivity contribution in [2.24, 2.45) is 0 Å². The minimum absolute atomic E-state index is 0.0901. The van der Waals surface area contributed by atoms with E-state index < -0.39 is 11.4 Å². The van der Waals surface area contributed by atoms with Gasteiger partial charge in [-0.2, -0.15) is 0 Å². The van der Waals surface area contributed by atoms with Crippen LogP contribution in [0.25, 0.3) is 10.9 Å². The van der Waals surface area contributed by atoms with Gasteiger partial charge in [-0.15, -0.1) is 0 Å². The van der Waals surface area contributed by atoms with Gasteiger partial charge >= 0.3 is 5.97 Å². The molecule has 1 aromatic heterocycles. The number of fused-ring (bicyclic) bond motifs is 1. The summed E-state index contributed by atoms with van der Waals surface area (Å²) < 4.78 is 1.84. The molecule has 0 aliphatic carbocycles. The molecule has 2 aromatic rings. The lowest BCUT2D eigenvalue weighted by Crippen LogP contribution is -2.20. The number of para-hydroxylation sites is 1. The third kappa shape index (κ3) is 1.79. The molecule has 0 aliphatic rings. The fourth-order valence-electron chi connectivity index (χ4n) is 2.15. The van der Waals surface area contributed by atoms with Crippen LogP contribution in [0.15, 0.2) is 29.2 Å². The van der Waals surface area contributed by atoms with Crippen molar-refractivity contribution >= 4 is 16.9 Å². The van der Waals surface area contributed by atoms with Gasteiger partial charge in [0.05, 0.1) is 5.52 Å². The van der Waals surface area contributed by atoms with Crippen LogP contribution in [0.4, 0.5) is 0 Å². The molecule has 2 rings (SSSR count). The van der Waals surface area contributed by atoms with E-state index in [2.05, 4.69) is 0 Å². The molecule has 0 aliphatic heterocycles. The van der Waals surface area contributed by atoms with Crippen LogP contribution in [0.3, 0.4) is 0 Å². The molecule has 0 spiro atoms. The van der Waals surface area contributed by atoms with Crippen LogP contribution in [0.1, 0.15) is 35.8 Å². The van der Waals surface area contributed by atoms with E-state index in [-0.39, 0.29) is 11.6 Å². The lowest BCUT2D eigenvalue weighted by Gasteiger charge is -2.17. The van der Waals surface area contributed by atoms with E-state index in [1.54, 1.807) is 12.1 Å². The quantitative estimate of drug-likeness (QED) is 0.884. The Morgan fingerprint density at radius 3 is 2.56 bits per heavy atom. The molecule has 0 unspecified atom stereocenters. The summed E-state index contributed by atoms with van der Waals surface area (Å²) in [6.45, 7) is 5.84. The molecule has 0 saturated heterocycles. The third-order valence-corrected chi connectivity index (χ3v) is 3.04. The number of pyridine rings is 1. The van der Waals surface area contributed by atoms with Crippen LogP contribution in [0.5, 0.6) is 0 Å². The summed E-state index contributed by atoms with van der Waals surface area (Å²) in [5.74, 6) is -1.18. The third-order valence-electron chi connectivity index (χ3n) is 3.04. The average Bonchev–Trinajstić information content (AvgIpc) is 2.29. The number of rotatable bonds is 2. The Bertz CT molecular complexity index is 683. The monoisotopic (exact) mass is 245 g/mol. The zero-order valence-corrected chi connectivity index (χ0v) is 10.6. The van der Waals surface area contributed by atoms with E-state index in [1.165, 1.54) is 6.20 Å². The summed E-state index contributed by atoms with van der Waals surface area (Å²) in [6, 6.07) is 5.46. The zero-order valence-electron chi connectivity index (χ0n) is 10.6. The summed E-state index contributed by atoms with van der Waals surface area (Å²) in [6.07, 6.45) is 1.44. The minimum Gasteiger partial charge on any atom is -0.477 e. The van der Waals surface area contributed by atoms with Crippen LogP contribution in [0.2, 0.25) is 0 Å². The van der Waals surface area contributed by atoms with Gasteiger partial charge in [0.25, 0.3) is 0 Å². The summed E-state index contributed by atoms with van der Waals surface area (Å²) in [7, 11) is 0. The highest BCUT2D eigenvalue weighted by molar-refractivity contribution is 5.93. The Balaban J connectivity index is 3.02. The van der Waals surface area contributed by atoms with Crippen molar-refractivity contribution in [3.8, 4) is 0 Å². The van der Waals surface area contributed by atoms with E-state index in [4.69, 9.17) is 5.11 Å². The van der Waals surface area contributed by atoms with Crippen molar-refractivity contribution in [3.63, 3.8) is 0 Å². The Morgan fingerprint density at radius 1 is 1.33 bits per heavy atom. The SMILES string of the molecule is Cc1cccc2c(=O)c(C(=O)O)cn(C(C)C)c12. The van der Waals surface area contributed by atoms with Gasteiger partial charge in [0, 0.05) is 17.6 Å². The molecule has 1 N–H and O–H groups in total. The Kier molecular flexibility index (Phi) is 2.95. The average molecular weight is 245 g/mol. The van der Waals surface area contributed by atoms with Crippen LogP contribution >= 0.6 is 0 Å². The standard InChI is InChI=1S/C14H15NO3/c1-8(2)15-7-11(14(17)18)13(16)10-6-4-5-9(3)12(10)15/h4-8H,1-3H3,(H,17,18). The Hall–Kier alpha value is -2.10. The van der Waals surface area contributed by atoms with E-state index in [0.717, 1.165) is 11.1 Å². The fourth-order valence-corrected chi connectivity index (χ4v) is 2.15. The summed E-state index contributed by atoms with van der Waals surface area (Å²) in [5.41, 5.74) is 1.18. The Labute approximate surface area is 104 Å². The first kappa shape index (κ1) is 12.4. The van der Waals surface area contributed by atoms with Gasteiger partial charge in [-0.3, -0.25) is 4.79 Å². The highest BCUT2D eigenvalue weighted by Gasteiger charge is 2.16. The molecule has 0 atom stereocenters. The van der Waals surface area contributed by atoms with E-state index in [9.17, 15) is 9.59 Å². The molecule has 1 aromatic carbocycles.